The van der Waals surface area contributed by atoms with Crippen LogP contribution in [0, 0.1) is 22.7 Å². The quantitative estimate of drug-likeness (QED) is 0.634. The lowest BCUT2D eigenvalue weighted by molar-refractivity contribution is 0.201. The maximum atomic E-state index is 9.73. The highest BCUT2D eigenvalue weighted by atomic mass is 32.2. The minimum atomic E-state index is -0.0761. The van der Waals surface area contributed by atoms with Crippen molar-refractivity contribution in [2.45, 2.75) is 18.9 Å². The lowest BCUT2D eigenvalue weighted by atomic mass is 9.97. The Labute approximate surface area is 176 Å². The van der Waals surface area contributed by atoms with Crippen molar-refractivity contribution < 1.29 is 9.84 Å². The molecule has 0 radical (unpaired) electrons. The number of hydrogen-bond donors (Lipinski definition) is 2. The SMILES string of the molecule is CC.CN(C)CCSc1nc(N)c(C#N)c(-c2ccc(OCCO)cc2)c1C#N. The zero-order valence-electron chi connectivity index (χ0n) is 17.3. The average Bonchev–Trinajstić information content (AvgIpc) is 2.73. The van der Waals surface area contributed by atoms with E-state index in [1.807, 2.05) is 32.8 Å². The fraction of sp³-hybridized carbons (Fsp3) is 0.381. The molecule has 0 saturated carbocycles. The zero-order valence-corrected chi connectivity index (χ0v) is 18.1. The molecule has 0 aliphatic heterocycles. The van der Waals surface area contributed by atoms with E-state index in [1.54, 1.807) is 24.3 Å². The van der Waals surface area contributed by atoms with Crippen molar-refractivity contribution in [3.63, 3.8) is 0 Å². The maximum absolute atomic E-state index is 9.73. The fourth-order valence-corrected chi connectivity index (χ4v) is 3.50. The smallest absolute Gasteiger partial charge is 0.143 e. The van der Waals surface area contributed by atoms with Crippen LogP contribution in [0.4, 0.5) is 5.82 Å². The molecule has 0 atom stereocenters. The van der Waals surface area contributed by atoms with Gasteiger partial charge in [-0.25, -0.2) is 4.98 Å². The van der Waals surface area contributed by atoms with E-state index in [0.29, 0.717) is 27.5 Å². The number of aliphatic hydroxyl groups excluding tert-OH is 1. The normalized spacial score (nSPS) is 9.93. The lowest BCUT2D eigenvalue weighted by Gasteiger charge is -2.14. The van der Waals surface area contributed by atoms with Gasteiger partial charge in [0.15, 0.2) is 0 Å². The molecule has 2 aromatic rings. The van der Waals surface area contributed by atoms with Crippen LogP contribution in [0.2, 0.25) is 0 Å². The van der Waals surface area contributed by atoms with Crippen molar-refractivity contribution in [1.82, 2.24) is 9.88 Å². The van der Waals surface area contributed by atoms with Gasteiger partial charge in [-0.1, -0.05) is 26.0 Å². The van der Waals surface area contributed by atoms with Crippen molar-refractivity contribution in [2.24, 2.45) is 0 Å². The standard InChI is InChI=1S/C19H21N5O2S.C2H6/c1-24(2)7-10-27-19-16(12-21)17(15(11-20)18(22)23-19)13-3-5-14(6-4-13)26-9-8-25;1-2/h3-6,25H,7-10H2,1-2H3,(H2,22,23);1-2H3. The zero-order chi connectivity index (χ0) is 21.8. The first kappa shape index (κ1) is 24.3. The number of nitriles is 2. The van der Waals surface area contributed by atoms with Crippen molar-refractivity contribution in [2.75, 3.05) is 45.3 Å². The Morgan fingerprint density at radius 2 is 1.76 bits per heavy atom. The number of nitrogens with two attached hydrogens (primary N) is 1. The van der Waals surface area contributed by atoms with Gasteiger partial charge in [0.25, 0.3) is 0 Å². The lowest BCUT2D eigenvalue weighted by Crippen LogP contribution is -2.15. The van der Waals surface area contributed by atoms with Crippen molar-refractivity contribution in [3.05, 3.63) is 35.4 Å². The predicted molar refractivity (Wildman–Crippen MR) is 117 cm³/mol. The Balaban J connectivity index is 0.00000204. The van der Waals surface area contributed by atoms with Crippen LogP contribution in [0.25, 0.3) is 11.1 Å². The molecule has 0 aliphatic rings. The highest BCUT2D eigenvalue weighted by Crippen LogP contribution is 2.36. The number of rotatable bonds is 8. The van der Waals surface area contributed by atoms with Crippen LogP contribution in [0.15, 0.2) is 29.3 Å². The topological polar surface area (TPSA) is 119 Å². The van der Waals surface area contributed by atoms with Crippen molar-refractivity contribution >= 4 is 17.6 Å². The van der Waals surface area contributed by atoms with Gasteiger partial charge in [0, 0.05) is 17.9 Å². The number of thioether (sulfide) groups is 1. The van der Waals surface area contributed by atoms with E-state index in [1.165, 1.54) is 11.8 Å². The van der Waals surface area contributed by atoms with Crippen LogP contribution in [-0.4, -0.2) is 54.6 Å². The molecule has 3 N–H and O–H groups in total. The monoisotopic (exact) mass is 413 g/mol. The van der Waals surface area contributed by atoms with Gasteiger partial charge in [0.1, 0.15) is 40.9 Å². The van der Waals surface area contributed by atoms with E-state index in [4.69, 9.17) is 15.6 Å². The van der Waals surface area contributed by atoms with Gasteiger partial charge in [0.05, 0.1) is 12.2 Å². The van der Waals surface area contributed by atoms with E-state index in [0.717, 1.165) is 12.3 Å². The van der Waals surface area contributed by atoms with Crippen LogP contribution >= 0.6 is 11.8 Å². The number of benzene rings is 1. The van der Waals surface area contributed by atoms with E-state index < -0.39 is 0 Å². The maximum Gasteiger partial charge on any atom is 0.143 e. The van der Waals surface area contributed by atoms with Gasteiger partial charge < -0.3 is 20.5 Å². The Hall–Kier alpha value is -2.78. The third-order valence-corrected chi connectivity index (χ3v) is 4.65. The average molecular weight is 414 g/mol. The van der Waals surface area contributed by atoms with Crippen molar-refractivity contribution in [1.29, 1.82) is 10.5 Å². The van der Waals surface area contributed by atoms with E-state index in [2.05, 4.69) is 17.1 Å². The van der Waals surface area contributed by atoms with Crippen LogP contribution in [0.3, 0.4) is 0 Å². The summed E-state index contributed by atoms with van der Waals surface area (Å²) in [4.78, 5) is 6.32. The van der Waals surface area contributed by atoms with Gasteiger partial charge in [-0.3, -0.25) is 0 Å². The summed E-state index contributed by atoms with van der Waals surface area (Å²) in [6, 6.07) is 11.2. The Morgan fingerprint density at radius 1 is 1.14 bits per heavy atom. The summed E-state index contributed by atoms with van der Waals surface area (Å²) in [6.45, 7) is 4.94. The highest BCUT2D eigenvalue weighted by Gasteiger charge is 2.20. The number of hydrogen-bond acceptors (Lipinski definition) is 8. The molecule has 0 aliphatic carbocycles. The Kier molecular flexibility index (Phi) is 10.6. The molecule has 1 aromatic heterocycles. The second kappa shape index (κ2) is 12.6. The van der Waals surface area contributed by atoms with Gasteiger partial charge >= 0.3 is 0 Å². The van der Waals surface area contributed by atoms with Gasteiger partial charge in [-0.15, -0.1) is 11.8 Å². The van der Waals surface area contributed by atoms with Gasteiger partial charge in [0.2, 0.25) is 0 Å². The molecular formula is C21H27N5O2S. The number of ether oxygens (including phenoxy) is 1. The number of anilines is 1. The summed E-state index contributed by atoms with van der Waals surface area (Å²) >= 11 is 1.44. The summed E-state index contributed by atoms with van der Waals surface area (Å²) in [7, 11) is 3.94. The number of pyridine rings is 1. The summed E-state index contributed by atoms with van der Waals surface area (Å²) in [5.74, 6) is 1.44. The second-order valence-electron chi connectivity index (χ2n) is 5.90. The Bertz CT molecular complexity index is 871. The molecule has 7 nitrogen and oxygen atoms in total. The van der Waals surface area contributed by atoms with Gasteiger partial charge in [-0.2, -0.15) is 10.5 Å². The molecule has 154 valence electrons. The Morgan fingerprint density at radius 3 is 2.28 bits per heavy atom. The van der Waals surface area contributed by atoms with Crippen LogP contribution in [0.1, 0.15) is 25.0 Å². The van der Waals surface area contributed by atoms with E-state index in [-0.39, 0.29) is 24.6 Å². The molecule has 0 unspecified atom stereocenters. The molecule has 0 spiro atoms. The molecule has 0 fully saturated rings. The molecule has 1 heterocycles. The fourth-order valence-electron chi connectivity index (χ4n) is 2.40. The first-order chi connectivity index (χ1) is 14.0. The summed E-state index contributed by atoms with van der Waals surface area (Å²) in [5, 5.41) is 28.6. The minimum absolute atomic E-state index is 0.0761. The molecule has 0 saturated heterocycles. The largest absolute Gasteiger partial charge is 0.491 e. The third kappa shape index (κ3) is 6.65. The number of nitrogen functional groups attached to an aromatic ring is 1. The first-order valence-electron chi connectivity index (χ1n) is 9.27. The van der Waals surface area contributed by atoms with Crippen LogP contribution in [0.5, 0.6) is 5.75 Å². The predicted octanol–water partition coefficient (Wildman–Crippen LogP) is 3.13. The molecule has 2 rings (SSSR count). The number of aliphatic hydroxyl groups is 1. The summed E-state index contributed by atoms with van der Waals surface area (Å²) in [6.07, 6.45) is 0. The minimum Gasteiger partial charge on any atom is -0.491 e. The van der Waals surface area contributed by atoms with Crippen LogP contribution in [-0.2, 0) is 0 Å². The summed E-state index contributed by atoms with van der Waals surface area (Å²) in [5.41, 5.74) is 7.69. The van der Waals surface area contributed by atoms with E-state index in [9.17, 15) is 10.5 Å². The molecular weight excluding hydrogens is 386 g/mol. The number of aromatic nitrogens is 1. The summed E-state index contributed by atoms with van der Waals surface area (Å²) < 4.78 is 5.36. The molecule has 0 bridgehead atoms. The number of nitrogens with zero attached hydrogens (tertiary/aromatic N) is 4. The van der Waals surface area contributed by atoms with Crippen molar-refractivity contribution in [3.8, 4) is 29.0 Å². The molecule has 1 aromatic carbocycles. The molecule has 29 heavy (non-hydrogen) atoms. The highest BCUT2D eigenvalue weighted by molar-refractivity contribution is 7.99. The van der Waals surface area contributed by atoms with Gasteiger partial charge in [-0.05, 0) is 31.8 Å². The molecule has 8 heteroatoms. The molecule has 0 amide bonds. The first-order valence-corrected chi connectivity index (χ1v) is 10.3. The third-order valence-electron chi connectivity index (χ3n) is 3.70. The second-order valence-corrected chi connectivity index (χ2v) is 6.98. The van der Waals surface area contributed by atoms with Crippen LogP contribution < -0.4 is 10.5 Å². The van der Waals surface area contributed by atoms with E-state index >= 15 is 0 Å².